The molecule has 2 bridgehead atoms. The molecule has 0 amide bonds. The van der Waals surface area contributed by atoms with E-state index in [4.69, 9.17) is 0 Å². The van der Waals surface area contributed by atoms with Crippen LogP contribution in [0.2, 0.25) is 0 Å². The van der Waals surface area contributed by atoms with Gasteiger partial charge in [-0.3, -0.25) is 0 Å². The summed E-state index contributed by atoms with van der Waals surface area (Å²) in [4.78, 5) is 0. The van der Waals surface area contributed by atoms with E-state index in [2.05, 4.69) is 30.4 Å². The van der Waals surface area contributed by atoms with Crippen molar-refractivity contribution in [2.75, 3.05) is 0 Å². The van der Waals surface area contributed by atoms with Gasteiger partial charge >= 0.3 is 0 Å². The summed E-state index contributed by atoms with van der Waals surface area (Å²) in [6.07, 6.45) is 10.8. The first kappa shape index (κ1) is 12.4. The molecule has 2 nitrogen and oxygen atoms in total. The van der Waals surface area contributed by atoms with Gasteiger partial charge in [0.05, 0.1) is 10.5 Å². The Kier molecular flexibility index (Phi) is 2.68. The summed E-state index contributed by atoms with van der Waals surface area (Å²) in [5, 5.41) is -0.387. The van der Waals surface area contributed by atoms with Crippen LogP contribution in [0.15, 0.2) is 30.4 Å². The number of benzene rings is 1. The second-order valence-electron chi connectivity index (χ2n) is 6.06. The van der Waals surface area contributed by atoms with Gasteiger partial charge in [-0.15, -0.1) is 0 Å². The standard InChI is InChI=1S/C17H18O2S/c18-20(19)14-6-3-7-15(20)11-13(10-14)17-9-2-5-12-4-1-8-16(12)17/h1-2,4-5,9-10,14-15H,3,6-8,11H2. The molecule has 2 unspecified atom stereocenters. The molecule has 3 aliphatic rings. The van der Waals surface area contributed by atoms with Crippen LogP contribution in [0.1, 0.15) is 42.4 Å². The summed E-state index contributed by atoms with van der Waals surface area (Å²) in [6.45, 7) is 0. The highest BCUT2D eigenvalue weighted by molar-refractivity contribution is 7.93. The molecule has 1 saturated heterocycles. The molecule has 0 aromatic heterocycles. The van der Waals surface area contributed by atoms with Crippen molar-refractivity contribution in [2.24, 2.45) is 0 Å². The molecule has 20 heavy (non-hydrogen) atoms. The zero-order chi connectivity index (χ0) is 13.7. The summed E-state index contributed by atoms with van der Waals surface area (Å²) in [6, 6.07) is 6.39. The first-order valence-electron chi connectivity index (χ1n) is 7.38. The third-order valence-corrected chi connectivity index (χ3v) is 7.46. The number of rotatable bonds is 1. The molecule has 1 aliphatic carbocycles. The smallest absolute Gasteiger partial charge is 0.159 e. The Hall–Kier alpha value is -1.35. The third-order valence-electron chi connectivity index (χ3n) is 4.91. The fourth-order valence-corrected chi connectivity index (χ4v) is 6.10. The van der Waals surface area contributed by atoms with E-state index in [1.54, 1.807) is 0 Å². The van der Waals surface area contributed by atoms with E-state index in [-0.39, 0.29) is 10.5 Å². The Labute approximate surface area is 120 Å². The van der Waals surface area contributed by atoms with E-state index in [1.165, 1.54) is 22.3 Å². The third kappa shape index (κ3) is 1.72. The normalized spacial score (nSPS) is 29.9. The van der Waals surface area contributed by atoms with Crippen molar-refractivity contribution < 1.29 is 8.42 Å². The van der Waals surface area contributed by atoms with Crippen LogP contribution in [0, 0.1) is 0 Å². The average molecular weight is 286 g/mol. The molecule has 104 valence electrons. The van der Waals surface area contributed by atoms with Crippen LogP contribution in [0.3, 0.4) is 0 Å². The van der Waals surface area contributed by atoms with Gasteiger partial charge in [-0.2, -0.15) is 0 Å². The Morgan fingerprint density at radius 1 is 1.15 bits per heavy atom. The predicted molar refractivity (Wildman–Crippen MR) is 82.1 cm³/mol. The van der Waals surface area contributed by atoms with Crippen LogP contribution in [0.4, 0.5) is 0 Å². The Morgan fingerprint density at radius 3 is 2.90 bits per heavy atom. The van der Waals surface area contributed by atoms with Gasteiger partial charge in [-0.25, -0.2) is 8.42 Å². The minimum atomic E-state index is -2.91. The molecular weight excluding hydrogens is 268 g/mol. The van der Waals surface area contributed by atoms with Crippen LogP contribution < -0.4 is 0 Å². The largest absolute Gasteiger partial charge is 0.228 e. The summed E-state index contributed by atoms with van der Waals surface area (Å²) in [5.41, 5.74) is 5.20. The van der Waals surface area contributed by atoms with E-state index < -0.39 is 9.84 Å². The molecule has 1 aromatic rings. The van der Waals surface area contributed by atoms with Crippen molar-refractivity contribution in [1.82, 2.24) is 0 Å². The van der Waals surface area contributed by atoms with Crippen molar-refractivity contribution in [3.05, 3.63) is 47.0 Å². The molecule has 0 radical (unpaired) electrons. The van der Waals surface area contributed by atoms with Crippen LogP contribution in [-0.4, -0.2) is 18.9 Å². The lowest BCUT2D eigenvalue weighted by molar-refractivity contribution is 0.518. The van der Waals surface area contributed by atoms with Crippen LogP contribution in [0.25, 0.3) is 11.6 Å². The average Bonchev–Trinajstić information content (AvgIpc) is 2.85. The van der Waals surface area contributed by atoms with E-state index in [9.17, 15) is 8.42 Å². The first-order valence-corrected chi connectivity index (χ1v) is 8.99. The molecule has 2 atom stereocenters. The van der Waals surface area contributed by atoms with Crippen molar-refractivity contribution in [2.45, 2.75) is 42.6 Å². The van der Waals surface area contributed by atoms with Crippen molar-refractivity contribution in [3.8, 4) is 0 Å². The molecule has 1 aromatic carbocycles. The van der Waals surface area contributed by atoms with Gasteiger partial charge < -0.3 is 0 Å². The maximum atomic E-state index is 12.3. The van der Waals surface area contributed by atoms with Gasteiger partial charge in [-0.05, 0) is 47.9 Å². The number of hydrogen-bond donors (Lipinski definition) is 0. The molecule has 0 spiro atoms. The molecule has 4 rings (SSSR count). The van der Waals surface area contributed by atoms with Gasteiger partial charge in [0.1, 0.15) is 0 Å². The van der Waals surface area contributed by atoms with Gasteiger partial charge in [-0.1, -0.05) is 42.8 Å². The van der Waals surface area contributed by atoms with Gasteiger partial charge in [0.2, 0.25) is 0 Å². The number of hydrogen-bond acceptors (Lipinski definition) is 2. The van der Waals surface area contributed by atoms with E-state index in [0.717, 1.165) is 25.7 Å². The summed E-state index contributed by atoms with van der Waals surface area (Å²) in [7, 11) is -2.91. The maximum Gasteiger partial charge on any atom is 0.159 e. The zero-order valence-electron chi connectivity index (χ0n) is 11.4. The van der Waals surface area contributed by atoms with E-state index >= 15 is 0 Å². The molecule has 1 fully saturated rings. The van der Waals surface area contributed by atoms with Gasteiger partial charge in [0.25, 0.3) is 0 Å². The highest BCUT2D eigenvalue weighted by Crippen LogP contribution is 2.41. The SMILES string of the molecule is O=S1(=O)C2C=C(c3cccc4c3CC=C4)CC1CCC2. The van der Waals surface area contributed by atoms with E-state index in [1.807, 2.05) is 6.08 Å². The van der Waals surface area contributed by atoms with Crippen LogP contribution in [-0.2, 0) is 16.3 Å². The Bertz CT molecular complexity index is 725. The minimum Gasteiger partial charge on any atom is -0.228 e. The van der Waals surface area contributed by atoms with Gasteiger partial charge in [0, 0.05) is 0 Å². The quantitative estimate of drug-likeness (QED) is 0.793. The van der Waals surface area contributed by atoms with Crippen molar-refractivity contribution >= 4 is 21.5 Å². The lowest BCUT2D eigenvalue weighted by atomic mass is 9.89. The first-order chi connectivity index (χ1) is 9.66. The topological polar surface area (TPSA) is 34.1 Å². The predicted octanol–water partition coefficient (Wildman–Crippen LogP) is 3.38. The highest BCUT2D eigenvalue weighted by atomic mass is 32.2. The lowest BCUT2D eigenvalue weighted by Gasteiger charge is -2.34. The number of allylic oxidation sites excluding steroid dienone is 2. The van der Waals surface area contributed by atoms with Crippen LogP contribution >= 0.6 is 0 Å². The fraction of sp³-hybridized carbons (Fsp3) is 0.412. The molecule has 2 heterocycles. The summed E-state index contributed by atoms with van der Waals surface area (Å²) < 4.78 is 24.7. The molecular formula is C17H18O2S. The van der Waals surface area contributed by atoms with Crippen LogP contribution in [0.5, 0.6) is 0 Å². The van der Waals surface area contributed by atoms with Crippen molar-refractivity contribution in [3.63, 3.8) is 0 Å². The lowest BCUT2D eigenvalue weighted by Crippen LogP contribution is -2.38. The monoisotopic (exact) mass is 286 g/mol. The molecule has 2 aliphatic heterocycles. The number of fused-ring (bicyclic) bond motifs is 3. The fourth-order valence-electron chi connectivity index (χ4n) is 3.85. The minimum absolute atomic E-state index is 0.147. The summed E-state index contributed by atoms with van der Waals surface area (Å²) in [5.74, 6) is 0. The second kappa shape index (κ2) is 4.32. The number of sulfone groups is 1. The Balaban J connectivity index is 1.82. The molecule has 3 heteroatoms. The summed E-state index contributed by atoms with van der Waals surface area (Å²) >= 11 is 0. The molecule has 0 saturated carbocycles. The highest BCUT2D eigenvalue weighted by Gasteiger charge is 2.40. The Morgan fingerprint density at radius 2 is 2.05 bits per heavy atom. The van der Waals surface area contributed by atoms with Crippen molar-refractivity contribution in [1.29, 1.82) is 0 Å². The zero-order valence-corrected chi connectivity index (χ0v) is 12.2. The molecule has 0 N–H and O–H groups in total. The second-order valence-corrected chi connectivity index (χ2v) is 8.51. The van der Waals surface area contributed by atoms with Gasteiger partial charge in [0.15, 0.2) is 9.84 Å². The maximum absolute atomic E-state index is 12.3. The van der Waals surface area contributed by atoms with E-state index in [0.29, 0.717) is 6.42 Å².